The predicted molar refractivity (Wildman–Crippen MR) is 76.4 cm³/mol. The molecule has 0 aliphatic rings. The normalized spacial score (nSPS) is 11.0. The van der Waals surface area contributed by atoms with Gasteiger partial charge in [-0.2, -0.15) is 0 Å². The van der Waals surface area contributed by atoms with E-state index in [0.29, 0.717) is 0 Å². The SMILES string of the molecule is CCn1cccc1CNc1ccc2[nH]c(=O)[nH]c2c1. The zero-order valence-corrected chi connectivity index (χ0v) is 10.7. The summed E-state index contributed by atoms with van der Waals surface area (Å²) in [5, 5.41) is 3.37. The molecule has 0 saturated carbocycles. The number of nitrogens with one attached hydrogen (secondary N) is 3. The Kier molecular flexibility index (Phi) is 2.87. The summed E-state index contributed by atoms with van der Waals surface area (Å²) in [7, 11) is 0. The third-order valence-electron chi connectivity index (χ3n) is 3.25. The van der Waals surface area contributed by atoms with Crippen molar-refractivity contribution in [3.63, 3.8) is 0 Å². The molecule has 3 aromatic rings. The summed E-state index contributed by atoms with van der Waals surface area (Å²) in [5.41, 5.74) is 3.71. The second kappa shape index (κ2) is 4.68. The number of hydrogen-bond acceptors (Lipinski definition) is 2. The van der Waals surface area contributed by atoms with Crippen molar-refractivity contribution in [3.8, 4) is 0 Å². The molecule has 0 aliphatic heterocycles. The number of aryl methyl sites for hydroxylation is 1. The molecule has 98 valence electrons. The molecule has 0 unspecified atom stereocenters. The van der Waals surface area contributed by atoms with Crippen molar-refractivity contribution in [1.82, 2.24) is 14.5 Å². The van der Waals surface area contributed by atoms with Gasteiger partial charge in [-0.05, 0) is 37.3 Å². The zero-order chi connectivity index (χ0) is 13.2. The molecule has 0 fully saturated rings. The van der Waals surface area contributed by atoms with Gasteiger partial charge in [0.05, 0.1) is 17.6 Å². The van der Waals surface area contributed by atoms with Crippen LogP contribution in [0.25, 0.3) is 11.0 Å². The number of hydrogen-bond donors (Lipinski definition) is 3. The molecule has 0 radical (unpaired) electrons. The second-order valence-electron chi connectivity index (χ2n) is 4.48. The molecule has 0 aliphatic carbocycles. The topological polar surface area (TPSA) is 65.6 Å². The Hall–Kier alpha value is -2.43. The lowest BCUT2D eigenvalue weighted by atomic mass is 10.2. The van der Waals surface area contributed by atoms with Crippen LogP contribution in [0.3, 0.4) is 0 Å². The minimum Gasteiger partial charge on any atom is -0.379 e. The first-order valence-electron chi connectivity index (χ1n) is 6.36. The lowest BCUT2D eigenvalue weighted by Crippen LogP contribution is -2.05. The summed E-state index contributed by atoms with van der Waals surface area (Å²) in [6, 6.07) is 9.95. The van der Waals surface area contributed by atoms with Gasteiger partial charge >= 0.3 is 5.69 Å². The molecule has 5 heteroatoms. The Morgan fingerprint density at radius 1 is 1.21 bits per heavy atom. The molecule has 2 aromatic heterocycles. The minimum absolute atomic E-state index is 0.174. The van der Waals surface area contributed by atoms with Crippen molar-refractivity contribution in [2.45, 2.75) is 20.0 Å². The van der Waals surface area contributed by atoms with Gasteiger partial charge in [-0.3, -0.25) is 0 Å². The zero-order valence-electron chi connectivity index (χ0n) is 10.7. The highest BCUT2D eigenvalue weighted by Crippen LogP contribution is 2.15. The summed E-state index contributed by atoms with van der Waals surface area (Å²) >= 11 is 0. The maximum Gasteiger partial charge on any atom is 0.323 e. The van der Waals surface area contributed by atoms with E-state index in [2.05, 4.69) is 39.0 Å². The Labute approximate surface area is 110 Å². The van der Waals surface area contributed by atoms with Crippen LogP contribution in [-0.4, -0.2) is 14.5 Å². The minimum atomic E-state index is -0.174. The Morgan fingerprint density at radius 3 is 2.89 bits per heavy atom. The van der Waals surface area contributed by atoms with Gasteiger partial charge in [0, 0.05) is 24.1 Å². The van der Waals surface area contributed by atoms with E-state index in [1.165, 1.54) is 5.69 Å². The number of H-pyrrole nitrogens is 2. The third kappa shape index (κ3) is 2.27. The summed E-state index contributed by atoms with van der Waals surface area (Å²) in [6.07, 6.45) is 2.07. The Bertz CT molecular complexity index is 750. The van der Waals surface area contributed by atoms with E-state index in [-0.39, 0.29) is 5.69 Å². The highest BCUT2D eigenvalue weighted by molar-refractivity contribution is 5.78. The molecule has 0 spiro atoms. The highest BCUT2D eigenvalue weighted by atomic mass is 16.1. The highest BCUT2D eigenvalue weighted by Gasteiger charge is 2.01. The van der Waals surface area contributed by atoms with E-state index in [4.69, 9.17) is 0 Å². The molecule has 3 rings (SSSR count). The molecule has 0 amide bonds. The van der Waals surface area contributed by atoms with Crippen molar-refractivity contribution in [3.05, 3.63) is 52.7 Å². The van der Waals surface area contributed by atoms with Gasteiger partial charge in [-0.25, -0.2) is 4.79 Å². The molecular formula is C14H16N4O. The second-order valence-corrected chi connectivity index (χ2v) is 4.48. The largest absolute Gasteiger partial charge is 0.379 e. The average molecular weight is 256 g/mol. The van der Waals surface area contributed by atoms with Gasteiger partial charge in [-0.15, -0.1) is 0 Å². The number of aromatic nitrogens is 3. The molecule has 0 bridgehead atoms. The first-order chi connectivity index (χ1) is 9.26. The van der Waals surface area contributed by atoms with Gasteiger partial charge in [0.15, 0.2) is 0 Å². The van der Waals surface area contributed by atoms with E-state index >= 15 is 0 Å². The fraction of sp³-hybridized carbons (Fsp3) is 0.214. The van der Waals surface area contributed by atoms with Crippen LogP contribution in [0.4, 0.5) is 5.69 Å². The summed E-state index contributed by atoms with van der Waals surface area (Å²) in [4.78, 5) is 16.7. The van der Waals surface area contributed by atoms with Crippen molar-refractivity contribution >= 4 is 16.7 Å². The van der Waals surface area contributed by atoms with Crippen LogP contribution in [0.15, 0.2) is 41.3 Å². The summed E-state index contributed by atoms with van der Waals surface area (Å²) in [5.74, 6) is 0. The van der Waals surface area contributed by atoms with E-state index in [0.717, 1.165) is 29.8 Å². The van der Waals surface area contributed by atoms with Gasteiger partial charge < -0.3 is 19.9 Å². The van der Waals surface area contributed by atoms with Crippen LogP contribution < -0.4 is 11.0 Å². The smallest absolute Gasteiger partial charge is 0.323 e. The Morgan fingerprint density at radius 2 is 2.05 bits per heavy atom. The number of fused-ring (bicyclic) bond motifs is 1. The first-order valence-corrected chi connectivity index (χ1v) is 6.36. The number of imidazole rings is 1. The number of anilines is 1. The number of aromatic amines is 2. The van der Waals surface area contributed by atoms with Crippen LogP contribution in [0.5, 0.6) is 0 Å². The van der Waals surface area contributed by atoms with Gasteiger partial charge in [0.1, 0.15) is 0 Å². The van der Waals surface area contributed by atoms with Gasteiger partial charge in [0.2, 0.25) is 0 Å². The molecule has 1 aromatic carbocycles. The average Bonchev–Trinajstić information content (AvgIpc) is 3.00. The van der Waals surface area contributed by atoms with Crippen molar-refractivity contribution in [1.29, 1.82) is 0 Å². The standard InChI is InChI=1S/C14H16N4O/c1-2-18-7-3-4-11(18)9-15-10-5-6-12-13(8-10)17-14(19)16-12/h3-8,15H,2,9H2,1H3,(H2,16,17,19). The van der Waals surface area contributed by atoms with Crippen LogP contribution in [0.2, 0.25) is 0 Å². The summed E-state index contributed by atoms with van der Waals surface area (Å²) < 4.78 is 2.20. The fourth-order valence-electron chi connectivity index (χ4n) is 2.25. The monoisotopic (exact) mass is 256 g/mol. The van der Waals surface area contributed by atoms with Gasteiger partial charge in [-0.1, -0.05) is 0 Å². The maximum atomic E-state index is 11.2. The third-order valence-corrected chi connectivity index (χ3v) is 3.25. The molecular weight excluding hydrogens is 240 g/mol. The Balaban J connectivity index is 1.79. The molecule has 5 nitrogen and oxygen atoms in total. The van der Waals surface area contributed by atoms with Crippen LogP contribution in [0.1, 0.15) is 12.6 Å². The van der Waals surface area contributed by atoms with Gasteiger partial charge in [0.25, 0.3) is 0 Å². The molecule has 0 atom stereocenters. The number of benzene rings is 1. The van der Waals surface area contributed by atoms with Crippen LogP contribution in [-0.2, 0) is 13.1 Å². The van der Waals surface area contributed by atoms with Crippen molar-refractivity contribution < 1.29 is 0 Å². The lowest BCUT2D eigenvalue weighted by molar-refractivity contribution is 0.724. The predicted octanol–water partition coefficient (Wildman–Crippen LogP) is 2.29. The van der Waals surface area contributed by atoms with E-state index in [9.17, 15) is 4.79 Å². The van der Waals surface area contributed by atoms with Crippen molar-refractivity contribution in [2.75, 3.05) is 5.32 Å². The van der Waals surface area contributed by atoms with Crippen LogP contribution >= 0.6 is 0 Å². The summed E-state index contributed by atoms with van der Waals surface area (Å²) in [6.45, 7) is 3.86. The molecule has 19 heavy (non-hydrogen) atoms. The van der Waals surface area contributed by atoms with E-state index < -0.39 is 0 Å². The van der Waals surface area contributed by atoms with Crippen molar-refractivity contribution in [2.24, 2.45) is 0 Å². The fourth-order valence-corrected chi connectivity index (χ4v) is 2.25. The first kappa shape index (κ1) is 11.6. The van der Waals surface area contributed by atoms with Crippen LogP contribution in [0, 0.1) is 0 Å². The molecule has 0 saturated heterocycles. The quantitative estimate of drug-likeness (QED) is 0.670. The van der Waals surface area contributed by atoms with E-state index in [1.807, 2.05) is 24.3 Å². The molecule has 3 N–H and O–H groups in total. The molecule has 2 heterocycles. The number of rotatable bonds is 4. The maximum absolute atomic E-state index is 11.2. The number of nitrogens with zero attached hydrogens (tertiary/aromatic N) is 1. The van der Waals surface area contributed by atoms with E-state index in [1.54, 1.807) is 0 Å². The lowest BCUT2D eigenvalue weighted by Gasteiger charge is -2.09.